The van der Waals surface area contributed by atoms with Crippen molar-refractivity contribution in [3.8, 4) is 5.75 Å². The molecule has 4 rings (SSSR count). The molecule has 2 aliphatic rings. The van der Waals surface area contributed by atoms with E-state index in [1.807, 2.05) is 11.0 Å². The van der Waals surface area contributed by atoms with Gasteiger partial charge >= 0.3 is 0 Å². The Morgan fingerprint density at radius 3 is 2.74 bits per heavy atom. The fraction of sp³-hybridized carbons (Fsp3) is 0.500. The summed E-state index contributed by atoms with van der Waals surface area (Å²) in [6.45, 7) is 4.78. The zero-order chi connectivity index (χ0) is 24.9. The summed E-state index contributed by atoms with van der Waals surface area (Å²) in [6.07, 6.45) is 2.90. The molecule has 1 aromatic heterocycles. The number of anilines is 1. The van der Waals surface area contributed by atoms with Gasteiger partial charge in [-0.15, -0.1) is 0 Å². The number of phenols is 1. The second kappa shape index (κ2) is 11.2. The number of likely N-dealkylation sites (tertiary alicyclic amines) is 1. The highest BCUT2D eigenvalue weighted by Gasteiger charge is 2.23. The topological polar surface area (TPSA) is 131 Å². The van der Waals surface area contributed by atoms with Crippen LogP contribution in [-0.4, -0.2) is 86.7 Å². The molecule has 1 unspecified atom stereocenters. The van der Waals surface area contributed by atoms with E-state index in [-0.39, 0.29) is 35.8 Å². The maximum absolute atomic E-state index is 12.6. The number of benzene rings is 1. The minimum atomic E-state index is -0.751. The number of rotatable bonds is 7. The van der Waals surface area contributed by atoms with Crippen molar-refractivity contribution in [1.82, 2.24) is 25.1 Å². The van der Waals surface area contributed by atoms with Gasteiger partial charge < -0.3 is 25.7 Å². The highest BCUT2D eigenvalue weighted by atomic mass is 35.5. The Balaban J connectivity index is 1.24. The van der Waals surface area contributed by atoms with Gasteiger partial charge in [-0.25, -0.2) is 9.97 Å². The van der Waals surface area contributed by atoms with Crippen LogP contribution in [0.2, 0.25) is 5.02 Å². The number of phenolic OH excluding ortho intramolecular Hbond substituents is 1. The molecule has 0 radical (unpaired) electrons. The number of hydrogen-bond acceptors (Lipinski definition) is 8. The number of aromatic hydroxyl groups is 1. The summed E-state index contributed by atoms with van der Waals surface area (Å²) in [4.78, 5) is 36.3. The van der Waals surface area contributed by atoms with Crippen LogP contribution in [0.5, 0.6) is 5.75 Å². The number of aromatic nitrogens is 2. The molecule has 188 valence electrons. The van der Waals surface area contributed by atoms with Gasteiger partial charge in [-0.3, -0.25) is 14.5 Å². The molecule has 2 aromatic rings. The Labute approximate surface area is 209 Å². The molecule has 2 aliphatic heterocycles. The van der Waals surface area contributed by atoms with Crippen LogP contribution in [0.3, 0.4) is 0 Å². The van der Waals surface area contributed by atoms with Crippen molar-refractivity contribution in [2.75, 3.05) is 38.0 Å². The number of fused-ring (bicyclic) bond motifs is 1. The van der Waals surface area contributed by atoms with Crippen LogP contribution in [-0.2, 0) is 17.8 Å². The Morgan fingerprint density at radius 1 is 1.23 bits per heavy atom. The number of halogens is 1. The molecule has 1 atom stereocenters. The maximum atomic E-state index is 12.6. The Kier molecular flexibility index (Phi) is 8.04. The molecule has 1 aromatic carbocycles. The first kappa shape index (κ1) is 25.2. The Hall–Kier alpha value is -2.95. The van der Waals surface area contributed by atoms with E-state index >= 15 is 0 Å². The summed E-state index contributed by atoms with van der Waals surface area (Å²) in [5.41, 5.74) is 2.20. The van der Waals surface area contributed by atoms with E-state index in [4.69, 9.17) is 11.6 Å². The maximum Gasteiger partial charge on any atom is 0.270 e. The Bertz CT molecular complexity index is 1080. The number of carbonyl (C=O) groups excluding carboxylic acids is 2. The standard InChI is InChI=1S/C24H31ClN6O4/c1-15(32)31-8-4-17(5-9-31)29-22-10-20(27-14-28-22)24(35)26-11-18(33)13-30-7-6-19-16(12-30)2-3-21(34)23(19)25/h2-3,10,14,17-18,33-34H,4-9,11-13H2,1H3,(H,26,35)(H,27,28,29). The zero-order valence-electron chi connectivity index (χ0n) is 19.7. The van der Waals surface area contributed by atoms with E-state index in [2.05, 4.69) is 25.5 Å². The van der Waals surface area contributed by atoms with Gasteiger partial charge in [0.1, 0.15) is 23.6 Å². The van der Waals surface area contributed by atoms with E-state index in [1.165, 1.54) is 6.33 Å². The average molecular weight is 503 g/mol. The van der Waals surface area contributed by atoms with Gasteiger partial charge in [0.2, 0.25) is 5.91 Å². The van der Waals surface area contributed by atoms with Crippen LogP contribution in [0.1, 0.15) is 41.4 Å². The Morgan fingerprint density at radius 2 is 2.00 bits per heavy atom. The SMILES string of the molecule is CC(=O)N1CCC(Nc2cc(C(=O)NCC(O)CN3CCc4c(ccc(O)c4Cl)C3)ncn2)CC1. The van der Waals surface area contributed by atoms with Gasteiger partial charge in [0.15, 0.2) is 0 Å². The molecule has 10 nitrogen and oxygen atoms in total. The summed E-state index contributed by atoms with van der Waals surface area (Å²) in [5, 5.41) is 26.7. The highest BCUT2D eigenvalue weighted by Crippen LogP contribution is 2.33. The van der Waals surface area contributed by atoms with Crippen LogP contribution in [0.15, 0.2) is 24.5 Å². The molecular formula is C24H31ClN6O4. The van der Waals surface area contributed by atoms with Crippen molar-refractivity contribution >= 4 is 29.2 Å². The fourth-order valence-electron chi connectivity index (χ4n) is 4.58. The van der Waals surface area contributed by atoms with E-state index in [0.29, 0.717) is 50.0 Å². The first-order valence-electron chi connectivity index (χ1n) is 11.8. The van der Waals surface area contributed by atoms with Crippen molar-refractivity contribution in [3.63, 3.8) is 0 Å². The highest BCUT2D eigenvalue weighted by molar-refractivity contribution is 6.32. The molecule has 35 heavy (non-hydrogen) atoms. The third-order valence-electron chi connectivity index (χ3n) is 6.55. The van der Waals surface area contributed by atoms with Crippen LogP contribution >= 0.6 is 11.6 Å². The molecule has 2 amide bonds. The monoisotopic (exact) mass is 502 g/mol. The largest absolute Gasteiger partial charge is 0.506 e. The summed E-state index contributed by atoms with van der Waals surface area (Å²) < 4.78 is 0. The molecule has 4 N–H and O–H groups in total. The first-order chi connectivity index (χ1) is 16.8. The average Bonchev–Trinajstić information content (AvgIpc) is 2.85. The van der Waals surface area contributed by atoms with Gasteiger partial charge in [0, 0.05) is 58.3 Å². The van der Waals surface area contributed by atoms with E-state index in [1.54, 1.807) is 19.1 Å². The lowest BCUT2D eigenvalue weighted by atomic mass is 9.99. The molecule has 1 fully saturated rings. The minimum Gasteiger partial charge on any atom is -0.506 e. The molecule has 0 saturated carbocycles. The lowest BCUT2D eigenvalue weighted by Crippen LogP contribution is -2.42. The quantitative estimate of drug-likeness (QED) is 0.447. The first-order valence-corrected chi connectivity index (χ1v) is 12.2. The molecule has 1 saturated heterocycles. The number of hydrogen-bond donors (Lipinski definition) is 4. The molecule has 0 aliphatic carbocycles. The fourth-order valence-corrected chi connectivity index (χ4v) is 4.86. The predicted octanol–water partition coefficient (Wildman–Crippen LogP) is 1.41. The molecule has 0 bridgehead atoms. The lowest BCUT2D eigenvalue weighted by molar-refractivity contribution is -0.129. The number of nitrogens with one attached hydrogen (secondary N) is 2. The summed E-state index contributed by atoms with van der Waals surface area (Å²) in [6, 6.07) is 5.21. The second-order valence-corrected chi connectivity index (χ2v) is 9.48. The molecule has 11 heteroatoms. The zero-order valence-corrected chi connectivity index (χ0v) is 20.5. The molecule has 0 spiro atoms. The third kappa shape index (κ3) is 6.39. The van der Waals surface area contributed by atoms with Crippen molar-refractivity contribution in [1.29, 1.82) is 0 Å². The summed E-state index contributed by atoms with van der Waals surface area (Å²) in [5.74, 6) is 0.347. The number of aliphatic hydroxyl groups excluding tert-OH is 1. The van der Waals surface area contributed by atoms with Crippen molar-refractivity contribution in [2.45, 2.75) is 44.9 Å². The third-order valence-corrected chi connectivity index (χ3v) is 6.97. The van der Waals surface area contributed by atoms with Gasteiger partial charge in [0.25, 0.3) is 5.91 Å². The number of aliphatic hydroxyl groups is 1. The smallest absolute Gasteiger partial charge is 0.270 e. The normalized spacial score (nSPS) is 17.5. The number of piperidine rings is 1. The van der Waals surface area contributed by atoms with Crippen LogP contribution in [0.4, 0.5) is 5.82 Å². The van der Waals surface area contributed by atoms with Crippen molar-refractivity contribution < 1.29 is 19.8 Å². The number of amides is 2. The number of β-amino-alcohol motifs (C(OH)–C–C–N with tert-alkyl or cyclic N) is 1. The van der Waals surface area contributed by atoms with Crippen molar-refractivity contribution in [3.05, 3.63) is 46.4 Å². The molecule has 3 heterocycles. The van der Waals surface area contributed by atoms with E-state index in [0.717, 1.165) is 24.0 Å². The van der Waals surface area contributed by atoms with Gasteiger partial charge in [0.05, 0.1) is 11.1 Å². The summed E-state index contributed by atoms with van der Waals surface area (Å²) >= 11 is 6.20. The molecular weight excluding hydrogens is 472 g/mol. The predicted molar refractivity (Wildman–Crippen MR) is 131 cm³/mol. The van der Waals surface area contributed by atoms with E-state index in [9.17, 15) is 19.8 Å². The van der Waals surface area contributed by atoms with Gasteiger partial charge in [-0.2, -0.15) is 0 Å². The van der Waals surface area contributed by atoms with Gasteiger partial charge in [-0.05, 0) is 36.5 Å². The minimum absolute atomic E-state index is 0.0846. The van der Waals surface area contributed by atoms with Crippen LogP contribution < -0.4 is 10.6 Å². The second-order valence-electron chi connectivity index (χ2n) is 9.10. The van der Waals surface area contributed by atoms with Crippen LogP contribution in [0.25, 0.3) is 0 Å². The van der Waals surface area contributed by atoms with Crippen LogP contribution in [0, 0.1) is 0 Å². The lowest BCUT2D eigenvalue weighted by Gasteiger charge is -2.32. The number of nitrogens with zero attached hydrogens (tertiary/aromatic N) is 4. The van der Waals surface area contributed by atoms with Crippen molar-refractivity contribution in [2.24, 2.45) is 0 Å². The summed E-state index contributed by atoms with van der Waals surface area (Å²) in [7, 11) is 0. The van der Waals surface area contributed by atoms with Gasteiger partial charge in [-0.1, -0.05) is 17.7 Å². The number of carbonyl (C=O) groups is 2. The van der Waals surface area contributed by atoms with E-state index < -0.39 is 6.10 Å².